The second kappa shape index (κ2) is 1.71. The second-order valence-electron chi connectivity index (χ2n) is 3.28. The highest BCUT2D eigenvalue weighted by Gasteiger charge is 2.25. The molecule has 0 atom stereocenters. The van der Waals surface area contributed by atoms with E-state index in [9.17, 15) is 0 Å². The van der Waals surface area contributed by atoms with Gasteiger partial charge in [0.05, 0.1) is 13.3 Å². The molecule has 0 aromatic carbocycles. The highest BCUT2D eigenvalue weighted by molar-refractivity contribution is 4.79. The Kier molecular flexibility index (Phi) is 1.29. The third-order valence-corrected chi connectivity index (χ3v) is 1.55. The summed E-state index contributed by atoms with van der Waals surface area (Å²) >= 11 is 0. The predicted molar refractivity (Wildman–Crippen MR) is 34.5 cm³/mol. The Balaban J connectivity index is 2.34. The maximum atomic E-state index is 3.19. The maximum Gasteiger partial charge on any atom is 0.0507 e. The van der Waals surface area contributed by atoms with Crippen LogP contribution in [0.25, 0.3) is 0 Å². The average molecular weight is 114 g/mol. The quantitative estimate of drug-likeness (QED) is 0.496. The van der Waals surface area contributed by atoms with Crippen LogP contribution >= 0.6 is 0 Å². The van der Waals surface area contributed by atoms with E-state index in [0.29, 0.717) is 5.54 Å². The number of nitrogens with zero attached hydrogens (tertiary/aromatic N) is 1. The molecular formula is C6H14N2. The fourth-order valence-electron chi connectivity index (χ4n) is 0.698. The average Bonchev–Trinajstić information content (AvgIpc) is 1.16. The van der Waals surface area contributed by atoms with Crippen molar-refractivity contribution in [3.8, 4) is 0 Å². The maximum absolute atomic E-state index is 3.19. The molecule has 1 rings (SSSR count). The lowest BCUT2D eigenvalue weighted by Gasteiger charge is -2.42. The van der Waals surface area contributed by atoms with Crippen molar-refractivity contribution in [1.29, 1.82) is 0 Å². The molecule has 8 heavy (non-hydrogen) atoms. The van der Waals surface area contributed by atoms with Crippen molar-refractivity contribution in [1.82, 2.24) is 10.2 Å². The SMILES string of the molecule is CC(C)(C)N1CNC1. The van der Waals surface area contributed by atoms with Gasteiger partial charge < -0.3 is 0 Å². The topological polar surface area (TPSA) is 15.3 Å². The molecule has 0 bridgehead atoms. The third kappa shape index (κ3) is 1.01. The Labute approximate surface area is 50.9 Å². The van der Waals surface area contributed by atoms with Crippen molar-refractivity contribution < 1.29 is 0 Å². The Morgan fingerprint density at radius 1 is 1.25 bits per heavy atom. The van der Waals surface area contributed by atoms with Gasteiger partial charge in [0.25, 0.3) is 0 Å². The second-order valence-corrected chi connectivity index (χ2v) is 3.28. The summed E-state index contributed by atoms with van der Waals surface area (Å²) in [6.07, 6.45) is 0. The standard InChI is InChI=1S/C6H14N2/c1-6(2,3)8-4-7-5-8/h7H,4-5H2,1-3H3. The van der Waals surface area contributed by atoms with Gasteiger partial charge in [0.15, 0.2) is 0 Å². The summed E-state index contributed by atoms with van der Waals surface area (Å²) < 4.78 is 0. The van der Waals surface area contributed by atoms with Crippen LogP contribution in [0.5, 0.6) is 0 Å². The zero-order chi connectivity index (χ0) is 6.20. The summed E-state index contributed by atoms with van der Waals surface area (Å²) in [5, 5.41) is 3.19. The van der Waals surface area contributed by atoms with E-state index in [1.165, 1.54) is 0 Å². The van der Waals surface area contributed by atoms with Crippen LogP contribution in [-0.4, -0.2) is 23.8 Å². The molecule has 0 saturated carbocycles. The normalized spacial score (nSPS) is 22.9. The van der Waals surface area contributed by atoms with Gasteiger partial charge in [-0.25, -0.2) is 0 Å². The minimum absolute atomic E-state index is 0.366. The lowest BCUT2D eigenvalue weighted by atomic mass is 10.1. The first-order valence-electron chi connectivity index (χ1n) is 3.06. The summed E-state index contributed by atoms with van der Waals surface area (Å²) in [5.41, 5.74) is 0.366. The van der Waals surface area contributed by atoms with Crippen LogP contribution in [-0.2, 0) is 0 Å². The predicted octanol–water partition coefficient (Wildman–Crippen LogP) is 0.605. The van der Waals surface area contributed by atoms with E-state index in [0.717, 1.165) is 13.3 Å². The molecule has 0 amide bonds. The van der Waals surface area contributed by atoms with E-state index < -0.39 is 0 Å². The Morgan fingerprint density at radius 2 is 1.75 bits per heavy atom. The lowest BCUT2D eigenvalue weighted by molar-refractivity contribution is 0.0389. The molecule has 0 unspecified atom stereocenters. The minimum Gasteiger partial charge on any atom is -0.291 e. The molecule has 2 nitrogen and oxygen atoms in total. The van der Waals surface area contributed by atoms with Gasteiger partial charge >= 0.3 is 0 Å². The van der Waals surface area contributed by atoms with Crippen LogP contribution in [0, 0.1) is 0 Å². The molecule has 2 heteroatoms. The number of hydrogen-bond donors (Lipinski definition) is 1. The number of hydrogen-bond acceptors (Lipinski definition) is 2. The molecule has 1 saturated heterocycles. The molecule has 0 spiro atoms. The smallest absolute Gasteiger partial charge is 0.0507 e. The molecule has 0 aromatic rings. The fraction of sp³-hybridized carbons (Fsp3) is 1.00. The zero-order valence-electron chi connectivity index (χ0n) is 5.86. The summed E-state index contributed by atoms with van der Waals surface area (Å²) in [6.45, 7) is 8.81. The molecule has 48 valence electrons. The van der Waals surface area contributed by atoms with Gasteiger partial charge in [0.2, 0.25) is 0 Å². The van der Waals surface area contributed by atoms with Crippen molar-refractivity contribution in [3.63, 3.8) is 0 Å². The van der Waals surface area contributed by atoms with Gasteiger partial charge in [-0.1, -0.05) is 0 Å². The largest absolute Gasteiger partial charge is 0.291 e. The Morgan fingerprint density at radius 3 is 1.75 bits per heavy atom. The van der Waals surface area contributed by atoms with Crippen LogP contribution in [0.15, 0.2) is 0 Å². The minimum atomic E-state index is 0.366. The van der Waals surface area contributed by atoms with Crippen LogP contribution in [0.3, 0.4) is 0 Å². The number of nitrogens with one attached hydrogen (secondary N) is 1. The van der Waals surface area contributed by atoms with Gasteiger partial charge in [-0.15, -0.1) is 0 Å². The zero-order valence-corrected chi connectivity index (χ0v) is 5.86. The molecule has 1 N–H and O–H groups in total. The van der Waals surface area contributed by atoms with E-state index in [4.69, 9.17) is 0 Å². The first kappa shape index (κ1) is 6.05. The molecular weight excluding hydrogens is 100 g/mol. The summed E-state index contributed by atoms with van der Waals surface area (Å²) in [5.74, 6) is 0. The van der Waals surface area contributed by atoms with Crippen molar-refractivity contribution >= 4 is 0 Å². The van der Waals surface area contributed by atoms with Gasteiger partial charge in [-0.3, -0.25) is 10.2 Å². The molecule has 0 aromatic heterocycles. The van der Waals surface area contributed by atoms with E-state index in [2.05, 4.69) is 31.0 Å². The van der Waals surface area contributed by atoms with Crippen LogP contribution in [0.2, 0.25) is 0 Å². The van der Waals surface area contributed by atoms with Crippen molar-refractivity contribution in [2.45, 2.75) is 26.3 Å². The lowest BCUT2D eigenvalue weighted by Crippen LogP contribution is -2.59. The van der Waals surface area contributed by atoms with Gasteiger partial charge in [-0.05, 0) is 20.8 Å². The van der Waals surface area contributed by atoms with Crippen molar-refractivity contribution in [3.05, 3.63) is 0 Å². The van der Waals surface area contributed by atoms with Gasteiger partial charge in [0.1, 0.15) is 0 Å². The molecule has 1 aliphatic heterocycles. The highest BCUT2D eigenvalue weighted by atomic mass is 15.4. The van der Waals surface area contributed by atoms with E-state index >= 15 is 0 Å². The Hall–Kier alpha value is -0.0800. The van der Waals surface area contributed by atoms with Crippen LogP contribution in [0.1, 0.15) is 20.8 Å². The van der Waals surface area contributed by atoms with E-state index in [1.807, 2.05) is 0 Å². The summed E-state index contributed by atoms with van der Waals surface area (Å²) in [6, 6.07) is 0. The van der Waals surface area contributed by atoms with Crippen LogP contribution in [0.4, 0.5) is 0 Å². The first-order valence-corrected chi connectivity index (χ1v) is 3.06. The number of rotatable bonds is 0. The Bertz CT molecular complexity index is 79.0. The van der Waals surface area contributed by atoms with Gasteiger partial charge in [0, 0.05) is 5.54 Å². The van der Waals surface area contributed by atoms with Crippen LogP contribution < -0.4 is 5.32 Å². The first-order chi connectivity index (χ1) is 3.61. The fourth-order valence-corrected chi connectivity index (χ4v) is 0.698. The van der Waals surface area contributed by atoms with Crippen molar-refractivity contribution in [2.24, 2.45) is 0 Å². The molecule has 1 aliphatic rings. The van der Waals surface area contributed by atoms with Gasteiger partial charge in [-0.2, -0.15) is 0 Å². The monoisotopic (exact) mass is 114 g/mol. The van der Waals surface area contributed by atoms with E-state index in [-0.39, 0.29) is 0 Å². The molecule has 0 radical (unpaired) electrons. The van der Waals surface area contributed by atoms with Crippen molar-refractivity contribution in [2.75, 3.05) is 13.3 Å². The third-order valence-electron chi connectivity index (χ3n) is 1.55. The molecule has 1 fully saturated rings. The van der Waals surface area contributed by atoms with E-state index in [1.54, 1.807) is 0 Å². The highest BCUT2D eigenvalue weighted by Crippen LogP contribution is 2.13. The summed E-state index contributed by atoms with van der Waals surface area (Å²) in [7, 11) is 0. The molecule has 0 aliphatic carbocycles. The summed E-state index contributed by atoms with van der Waals surface area (Å²) in [4.78, 5) is 2.38. The molecule has 1 heterocycles.